The largest absolute Gasteiger partial charge is 0.444 e. The van der Waals surface area contributed by atoms with Crippen molar-refractivity contribution in [1.82, 2.24) is 24.4 Å². The van der Waals surface area contributed by atoms with Crippen LogP contribution in [0.25, 0.3) is 16.9 Å². The zero-order valence-corrected chi connectivity index (χ0v) is 23.1. The number of rotatable bonds is 7. The van der Waals surface area contributed by atoms with Crippen LogP contribution < -0.4 is 10.6 Å². The number of aromatic nitrogens is 4. The van der Waals surface area contributed by atoms with E-state index in [9.17, 15) is 4.79 Å². The Morgan fingerprint density at radius 3 is 2.72 bits per heavy atom. The molecule has 1 saturated heterocycles. The van der Waals surface area contributed by atoms with E-state index in [2.05, 4.69) is 39.7 Å². The van der Waals surface area contributed by atoms with Gasteiger partial charge in [0.1, 0.15) is 17.7 Å². The number of imidazole rings is 1. The topological polar surface area (TPSA) is 97.2 Å². The van der Waals surface area contributed by atoms with Crippen molar-refractivity contribution in [1.29, 1.82) is 0 Å². The average Bonchev–Trinajstić information content (AvgIpc) is 3.35. The van der Waals surface area contributed by atoms with E-state index in [0.29, 0.717) is 12.5 Å². The Hall–Kier alpha value is -4.14. The van der Waals surface area contributed by atoms with Crippen molar-refractivity contribution < 1.29 is 9.53 Å². The highest BCUT2D eigenvalue weighted by molar-refractivity contribution is 5.81. The normalized spacial score (nSPS) is 16.6. The zero-order chi connectivity index (χ0) is 27.4. The number of hydrogen-bond acceptors (Lipinski definition) is 7. The smallest absolute Gasteiger partial charge is 0.410 e. The van der Waals surface area contributed by atoms with Crippen molar-refractivity contribution in [2.24, 2.45) is 0 Å². The second-order valence-electron chi connectivity index (χ2n) is 11.0. The van der Waals surface area contributed by atoms with E-state index in [-0.39, 0.29) is 18.2 Å². The lowest BCUT2D eigenvalue weighted by molar-refractivity contribution is 0.0114. The molecule has 1 aliphatic rings. The maximum atomic E-state index is 12.8. The van der Waals surface area contributed by atoms with Crippen molar-refractivity contribution >= 4 is 28.8 Å². The van der Waals surface area contributed by atoms with Gasteiger partial charge < -0.3 is 20.3 Å². The van der Waals surface area contributed by atoms with E-state index in [1.165, 1.54) is 5.56 Å². The predicted octanol–water partition coefficient (Wildman–Crippen LogP) is 6.19. The van der Waals surface area contributed by atoms with Gasteiger partial charge in [0.2, 0.25) is 5.95 Å². The van der Waals surface area contributed by atoms with Gasteiger partial charge in [-0.15, -0.1) is 0 Å². The average molecular weight is 528 g/mol. The summed E-state index contributed by atoms with van der Waals surface area (Å²) in [6.45, 7) is 9.19. The molecule has 2 N–H and O–H groups in total. The fraction of sp³-hybridized carbons (Fsp3) is 0.400. The number of hydrogen-bond donors (Lipinski definition) is 2. The van der Waals surface area contributed by atoms with E-state index >= 15 is 0 Å². The molecule has 1 amide bonds. The van der Waals surface area contributed by atoms with Crippen LogP contribution in [0.1, 0.15) is 58.6 Å². The number of carbonyl (C=O) groups is 1. The Morgan fingerprint density at radius 2 is 1.92 bits per heavy atom. The lowest BCUT2D eigenvalue weighted by Gasteiger charge is -2.37. The molecule has 1 aliphatic heterocycles. The maximum Gasteiger partial charge on any atom is 0.410 e. The summed E-state index contributed by atoms with van der Waals surface area (Å²) in [5, 5.41) is 6.90. The fourth-order valence-corrected chi connectivity index (χ4v) is 4.89. The minimum Gasteiger partial charge on any atom is -0.444 e. The molecule has 3 heterocycles. The quantitative estimate of drug-likeness (QED) is 0.296. The highest BCUT2D eigenvalue weighted by atomic mass is 16.6. The fourth-order valence-electron chi connectivity index (χ4n) is 4.89. The highest BCUT2D eigenvalue weighted by Crippen LogP contribution is 2.24. The van der Waals surface area contributed by atoms with Crippen LogP contribution in [-0.4, -0.2) is 55.2 Å². The molecule has 9 nitrogen and oxygen atoms in total. The van der Waals surface area contributed by atoms with E-state index < -0.39 is 5.60 Å². The van der Waals surface area contributed by atoms with Crippen LogP contribution in [0.3, 0.4) is 0 Å². The third-order valence-corrected chi connectivity index (χ3v) is 6.88. The van der Waals surface area contributed by atoms with Gasteiger partial charge in [-0.2, -0.15) is 4.98 Å². The lowest BCUT2D eigenvalue weighted by atomic mass is 10.0. The molecule has 0 saturated carbocycles. The third kappa shape index (κ3) is 6.47. The van der Waals surface area contributed by atoms with Gasteiger partial charge in [-0.3, -0.25) is 4.57 Å². The molecule has 2 unspecified atom stereocenters. The molecule has 1 fully saturated rings. The van der Waals surface area contributed by atoms with Crippen molar-refractivity contribution in [3.8, 4) is 5.82 Å². The molecule has 2 aromatic carbocycles. The number of amides is 1. The van der Waals surface area contributed by atoms with E-state index in [1.807, 2.05) is 72.7 Å². The number of nitrogens with zero attached hydrogens (tertiary/aromatic N) is 5. The second-order valence-corrected chi connectivity index (χ2v) is 11.0. The van der Waals surface area contributed by atoms with Crippen LogP contribution >= 0.6 is 0 Å². The van der Waals surface area contributed by atoms with Crippen LogP contribution in [0.15, 0.2) is 67.1 Å². The first-order valence-electron chi connectivity index (χ1n) is 13.6. The second kappa shape index (κ2) is 11.3. The predicted molar refractivity (Wildman–Crippen MR) is 154 cm³/mol. The lowest BCUT2D eigenvalue weighted by Crippen LogP contribution is -2.48. The molecule has 39 heavy (non-hydrogen) atoms. The molecule has 0 spiro atoms. The molecule has 204 valence electrons. The van der Waals surface area contributed by atoms with E-state index in [1.54, 1.807) is 12.5 Å². The number of anilines is 2. The molecule has 0 radical (unpaired) electrons. The first kappa shape index (κ1) is 26.5. The first-order valence-corrected chi connectivity index (χ1v) is 13.6. The van der Waals surface area contributed by atoms with Crippen LogP contribution in [0.2, 0.25) is 0 Å². The summed E-state index contributed by atoms with van der Waals surface area (Å²) >= 11 is 0. The molecule has 9 heteroatoms. The van der Waals surface area contributed by atoms with Crippen molar-refractivity contribution in [3.63, 3.8) is 0 Å². The van der Waals surface area contributed by atoms with Gasteiger partial charge in [0, 0.05) is 25.0 Å². The summed E-state index contributed by atoms with van der Waals surface area (Å²) in [4.78, 5) is 28.4. The van der Waals surface area contributed by atoms with Gasteiger partial charge in [0.05, 0.1) is 23.1 Å². The van der Waals surface area contributed by atoms with Gasteiger partial charge in [0.15, 0.2) is 0 Å². The summed E-state index contributed by atoms with van der Waals surface area (Å²) in [7, 11) is 0. The number of carbonyl (C=O) groups excluding carboxylic acids is 1. The molecule has 2 atom stereocenters. The van der Waals surface area contributed by atoms with Crippen molar-refractivity contribution in [2.45, 2.75) is 64.6 Å². The number of piperidine rings is 1. The molecule has 2 aromatic heterocycles. The molecule has 4 aromatic rings. The Kier molecular flexibility index (Phi) is 7.67. The number of fused-ring (bicyclic) bond motifs is 1. The SMILES string of the molecule is CC(Nc1nccc(-n2cnc3cc(NCC4CCCCN4C(=O)OC(C)(C)C)ccc32)n1)c1ccccc1. The number of benzene rings is 2. The zero-order valence-electron chi connectivity index (χ0n) is 23.1. The van der Waals surface area contributed by atoms with Crippen LogP contribution in [0.5, 0.6) is 0 Å². The summed E-state index contributed by atoms with van der Waals surface area (Å²) in [5.41, 5.74) is 3.44. The third-order valence-electron chi connectivity index (χ3n) is 6.88. The van der Waals surface area contributed by atoms with Crippen molar-refractivity contribution in [3.05, 3.63) is 72.7 Å². The molecule has 0 bridgehead atoms. The number of nitrogens with one attached hydrogen (secondary N) is 2. The Labute approximate surface area is 229 Å². The van der Waals surface area contributed by atoms with Gasteiger partial charge in [-0.05, 0) is 76.8 Å². The molecular weight excluding hydrogens is 490 g/mol. The summed E-state index contributed by atoms with van der Waals surface area (Å²) in [5.74, 6) is 1.30. The Morgan fingerprint density at radius 1 is 1.10 bits per heavy atom. The minimum absolute atomic E-state index is 0.0741. The summed E-state index contributed by atoms with van der Waals surface area (Å²) in [6.07, 6.45) is 6.37. The van der Waals surface area contributed by atoms with Gasteiger partial charge in [-0.25, -0.2) is 14.8 Å². The monoisotopic (exact) mass is 527 g/mol. The molecule has 5 rings (SSSR count). The standard InChI is InChI=1S/C30H37N7O2/c1-21(22-10-6-5-7-11-22)34-28-31-16-15-27(35-28)37-20-33-25-18-23(13-14-26(25)37)32-19-24-12-8-9-17-36(24)29(38)39-30(2,3)4/h5-7,10-11,13-16,18,20-21,24,32H,8-9,12,17,19H2,1-4H3,(H,31,34,35). The van der Waals surface area contributed by atoms with Crippen LogP contribution in [-0.2, 0) is 4.74 Å². The first-order chi connectivity index (χ1) is 18.8. The molecule has 0 aliphatic carbocycles. The van der Waals surface area contributed by atoms with Gasteiger partial charge >= 0.3 is 6.09 Å². The van der Waals surface area contributed by atoms with Gasteiger partial charge in [-0.1, -0.05) is 30.3 Å². The Bertz CT molecular complexity index is 1410. The van der Waals surface area contributed by atoms with Crippen LogP contribution in [0.4, 0.5) is 16.4 Å². The number of likely N-dealkylation sites (tertiary alicyclic amines) is 1. The maximum absolute atomic E-state index is 12.8. The van der Waals surface area contributed by atoms with E-state index in [4.69, 9.17) is 9.72 Å². The number of ether oxygens (including phenoxy) is 1. The molecular formula is C30H37N7O2. The van der Waals surface area contributed by atoms with Crippen molar-refractivity contribution in [2.75, 3.05) is 23.7 Å². The van der Waals surface area contributed by atoms with Gasteiger partial charge in [0.25, 0.3) is 0 Å². The summed E-state index contributed by atoms with van der Waals surface area (Å²) in [6, 6.07) is 18.4. The van der Waals surface area contributed by atoms with E-state index in [0.717, 1.165) is 48.3 Å². The van der Waals surface area contributed by atoms with Crippen LogP contribution in [0, 0.1) is 0 Å². The Balaban J connectivity index is 1.27. The highest BCUT2D eigenvalue weighted by Gasteiger charge is 2.30. The summed E-state index contributed by atoms with van der Waals surface area (Å²) < 4.78 is 7.61. The minimum atomic E-state index is -0.503.